The van der Waals surface area contributed by atoms with Crippen LogP contribution in [0.4, 0.5) is 11.4 Å². The van der Waals surface area contributed by atoms with E-state index in [9.17, 15) is 9.59 Å². The second kappa shape index (κ2) is 4.64. The summed E-state index contributed by atoms with van der Waals surface area (Å²) in [4.78, 5) is 27.6. The minimum Gasteiger partial charge on any atom is -0.385 e. The maximum atomic E-state index is 11.9. The van der Waals surface area contributed by atoms with Crippen LogP contribution in [0.3, 0.4) is 0 Å². The first-order valence-corrected chi connectivity index (χ1v) is 6.18. The van der Waals surface area contributed by atoms with Crippen LogP contribution >= 0.6 is 0 Å². The summed E-state index contributed by atoms with van der Waals surface area (Å²) in [6.45, 7) is 0.989. The van der Waals surface area contributed by atoms with Crippen molar-refractivity contribution in [3.8, 4) is 0 Å². The molecule has 0 saturated heterocycles. The number of aromatic amines is 2. The summed E-state index contributed by atoms with van der Waals surface area (Å²) in [5.41, 5.74) is 2.89. The first-order valence-electron chi connectivity index (χ1n) is 6.18. The van der Waals surface area contributed by atoms with Gasteiger partial charge in [0, 0.05) is 24.1 Å². The minimum absolute atomic E-state index is 0.223. The normalized spacial score (nSPS) is 13.5. The van der Waals surface area contributed by atoms with E-state index < -0.39 is 0 Å². The molecule has 98 valence electrons. The lowest BCUT2D eigenvalue weighted by Gasteiger charge is -2.18. The molecule has 1 aromatic carbocycles. The molecular weight excluding hydrogens is 244 g/mol. The van der Waals surface area contributed by atoms with Gasteiger partial charge < -0.3 is 20.6 Å². The van der Waals surface area contributed by atoms with Crippen LogP contribution in [-0.4, -0.2) is 22.4 Å². The van der Waals surface area contributed by atoms with Gasteiger partial charge in [-0.2, -0.15) is 0 Å². The molecule has 1 aromatic heterocycles. The molecule has 2 aromatic rings. The fourth-order valence-corrected chi connectivity index (χ4v) is 2.21. The third-order valence-corrected chi connectivity index (χ3v) is 3.14. The predicted octanol–water partition coefficient (Wildman–Crippen LogP) is 1.31. The van der Waals surface area contributed by atoms with Gasteiger partial charge in [-0.05, 0) is 36.6 Å². The number of amides is 1. The molecule has 0 unspecified atom stereocenters. The molecule has 0 bridgehead atoms. The third kappa shape index (κ3) is 2.37. The van der Waals surface area contributed by atoms with E-state index in [0.717, 1.165) is 30.8 Å². The van der Waals surface area contributed by atoms with Crippen LogP contribution in [0.1, 0.15) is 22.5 Å². The van der Waals surface area contributed by atoms with E-state index >= 15 is 0 Å². The SMILES string of the molecule is O=C(Nc1ccc2c(c1)CCCN2)c1c[nH]c(=O)[nH]1. The van der Waals surface area contributed by atoms with Gasteiger partial charge in [-0.3, -0.25) is 4.79 Å². The number of carbonyl (C=O) groups excluding carboxylic acids is 1. The zero-order chi connectivity index (χ0) is 13.2. The molecular formula is C13H14N4O2. The van der Waals surface area contributed by atoms with Crippen molar-refractivity contribution in [2.45, 2.75) is 12.8 Å². The number of nitrogens with one attached hydrogen (secondary N) is 4. The maximum Gasteiger partial charge on any atom is 0.323 e. The number of H-pyrrole nitrogens is 2. The van der Waals surface area contributed by atoms with Gasteiger partial charge in [0.15, 0.2) is 0 Å². The molecule has 4 N–H and O–H groups in total. The lowest BCUT2D eigenvalue weighted by molar-refractivity contribution is 0.102. The molecule has 19 heavy (non-hydrogen) atoms. The van der Waals surface area contributed by atoms with Gasteiger partial charge in [0.25, 0.3) is 5.91 Å². The summed E-state index contributed by atoms with van der Waals surface area (Å²) in [5.74, 6) is -0.331. The van der Waals surface area contributed by atoms with Crippen molar-refractivity contribution in [1.29, 1.82) is 0 Å². The Labute approximate surface area is 109 Å². The molecule has 0 saturated carbocycles. The van der Waals surface area contributed by atoms with E-state index in [2.05, 4.69) is 20.6 Å². The van der Waals surface area contributed by atoms with Crippen LogP contribution in [0.25, 0.3) is 0 Å². The molecule has 0 radical (unpaired) electrons. The van der Waals surface area contributed by atoms with Crippen molar-refractivity contribution in [2.24, 2.45) is 0 Å². The quantitative estimate of drug-likeness (QED) is 0.654. The Balaban J connectivity index is 1.80. The Morgan fingerprint density at radius 3 is 3.00 bits per heavy atom. The largest absolute Gasteiger partial charge is 0.385 e. The summed E-state index contributed by atoms with van der Waals surface area (Å²) in [5, 5.41) is 6.08. The molecule has 6 nitrogen and oxygen atoms in total. The first-order chi connectivity index (χ1) is 9.22. The summed E-state index contributed by atoms with van der Waals surface area (Å²) in [6.07, 6.45) is 3.46. The molecule has 1 aliphatic rings. The van der Waals surface area contributed by atoms with Crippen LogP contribution < -0.4 is 16.3 Å². The van der Waals surface area contributed by atoms with Crippen molar-refractivity contribution in [2.75, 3.05) is 17.2 Å². The highest BCUT2D eigenvalue weighted by molar-refractivity contribution is 6.02. The van der Waals surface area contributed by atoms with E-state index in [0.29, 0.717) is 0 Å². The number of hydrogen-bond donors (Lipinski definition) is 4. The molecule has 0 fully saturated rings. The van der Waals surface area contributed by atoms with E-state index in [1.54, 1.807) is 0 Å². The van der Waals surface area contributed by atoms with Gasteiger partial charge in [-0.25, -0.2) is 4.79 Å². The number of carbonyl (C=O) groups is 1. The van der Waals surface area contributed by atoms with Crippen LogP contribution in [0.5, 0.6) is 0 Å². The Hall–Kier alpha value is -2.50. The standard InChI is InChI=1S/C13H14N4O2/c18-12(11-7-15-13(19)17-11)16-9-3-4-10-8(6-9)2-1-5-14-10/h3-4,6-7,14H,1-2,5H2,(H,16,18)(H2,15,17,19). The average Bonchev–Trinajstić information content (AvgIpc) is 2.85. The fraction of sp³-hybridized carbons (Fsp3) is 0.231. The van der Waals surface area contributed by atoms with E-state index in [1.165, 1.54) is 11.8 Å². The highest BCUT2D eigenvalue weighted by Crippen LogP contribution is 2.25. The number of fused-ring (bicyclic) bond motifs is 1. The number of anilines is 2. The zero-order valence-corrected chi connectivity index (χ0v) is 10.2. The highest BCUT2D eigenvalue weighted by atomic mass is 16.2. The first kappa shape index (κ1) is 11.6. The predicted molar refractivity (Wildman–Crippen MR) is 72.6 cm³/mol. The maximum absolute atomic E-state index is 11.9. The topological polar surface area (TPSA) is 89.8 Å². The number of aryl methyl sites for hydroxylation is 1. The van der Waals surface area contributed by atoms with Crippen LogP contribution in [0.15, 0.2) is 29.2 Å². The van der Waals surface area contributed by atoms with Gasteiger partial charge in [-0.1, -0.05) is 0 Å². The zero-order valence-electron chi connectivity index (χ0n) is 10.2. The van der Waals surface area contributed by atoms with E-state index in [1.807, 2.05) is 18.2 Å². The van der Waals surface area contributed by atoms with Crippen LogP contribution in [0.2, 0.25) is 0 Å². The minimum atomic E-state index is -0.389. The smallest absolute Gasteiger partial charge is 0.323 e. The van der Waals surface area contributed by atoms with Gasteiger partial charge in [0.2, 0.25) is 0 Å². The lowest BCUT2D eigenvalue weighted by atomic mass is 10.0. The Morgan fingerprint density at radius 2 is 2.21 bits per heavy atom. The highest BCUT2D eigenvalue weighted by Gasteiger charge is 2.11. The molecule has 3 rings (SSSR count). The van der Waals surface area contributed by atoms with Gasteiger partial charge >= 0.3 is 5.69 Å². The van der Waals surface area contributed by atoms with Crippen molar-refractivity contribution >= 4 is 17.3 Å². The Kier molecular flexibility index (Phi) is 2.83. The summed E-state index contributed by atoms with van der Waals surface area (Å²) in [6, 6.07) is 5.77. The number of benzene rings is 1. The monoisotopic (exact) mass is 258 g/mol. The van der Waals surface area contributed by atoms with Crippen molar-refractivity contribution in [3.63, 3.8) is 0 Å². The average molecular weight is 258 g/mol. The van der Waals surface area contributed by atoms with E-state index in [4.69, 9.17) is 0 Å². The molecule has 1 amide bonds. The van der Waals surface area contributed by atoms with E-state index in [-0.39, 0.29) is 17.3 Å². The van der Waals surface area contributed by atoms with Gasteiger partial charge in [0.05, 0.1) is 0 Å². The molecule has 0 spiro atoms. The van der Waals surface area contributed by atoms with Crippen LogP contribution in [0, 0.1) is 0 Å². The second-order valence-electron chi connectivity index (χ2n) is 4.51. The van der Waals surface area contributed by atoms with Crippen LogP contribution in [-0.2, 0) is 6.42 Å². The number of hydrogen-bond acceptors (Lipinski definition) is 3. The van der Waals surface area contributed by atoms with Crippen molar-refractivity contribution in [3.05, 3.63) is 46.1 Å². The summed E-state index contributed by atoms with van der Waals surface area (Å²) in [7, 11) is 0. The molecule has 0 atom stereocenters. The molecule has 0 aliphatic carbocycles. The molecule has 2 heterocycles. The number of imidazole rings is 1. The molecule has 6 heteroatoms. The van der Waals surface area contributed by atoms with Gasteiger partial charge in [0.1, 0.15) is 5.69 Å². The molecule has 1 aliphatic heterocycles. The summed E-state index contributed by atoms with van der Waals surface area (Å²) >= 11 is 0. The number of aromatic nitrogens is 2. The Bertz CT molecular complexity index is 671. The number of rotatable bonds is 2. The Morgan fingerprint density at radius 1 is 1.32 bits per heavy atom. The second-order valence-corrected chi connectivity index (χ2v) is 4.51. The van der Waals surface area contributed by atoms with Crippen molar-refractivity contribution < 1.29 is 4.79 Å². The fourth-order valence-electron chi connectivity index (χ4n) is 2.21. The van der Waals surface area contributed by atoms with Crippen molar-refractivity contribution in [1.82, 2.24) is 9.97 Å². The lowest BCUT2D eigenvalue weighted by Crippen LogP contribution is -2.15. The van der Waals surface area contributed by atoms with Gasteiger partial charge in [-0.15, -0.1) is 0 Å². The summed E-state index contributed by atoms with van der Waals surface area (Å²) < 4.78 is 0. The third-order valence-electron chi connectivity index (χ3n) is 3.14.